The zero-order chi connectivity index (χ0) is 19.6. The molecular formula is C21H23FN2O3. The molecule has 0 aliphatic heterocycles. The number of methoxy groups -OCH3 is 1. The number of nitrogens with one attached hydrogen (secondary N) is 1. The Morgan fingerprint density at radius 3 is 2.52 bits per heavy atom. The Balaban J connectivity index is 1.91. The van der Waals surface area contributed by atoms with Gasteiger partial charge in [0.05, 0.1) is 13.7 Å². The molecule has 0 fully saturated rings. The third kappa shape index (κ3) is 6.26. The van der Waals surface area contributed by atoms with Crippen LogP contribution in [-0.2, 0) is 16.1 Å². The van der Waals surface area contributed by atoms with Gasteiger partial charge in [0.25, 0.3) is 0 Å². The molecule has 0 unspecified atom stereocenters. The van der Waals surface area contributed by atoms with Crippen LogP contribution >= 0.6 is 0 Å². The molecule has 0 aliphatic carbocycles. The summed E-state index contributed by atoms with van der Waals surface area (Å²) in [7, 11) is 1.57. The molecule has 142 valence electrons. The van der Waals surface area contributed by atoms with E-state index in [9.17, 15) is 14.0 Å². The lowest BCUT2D eigenvalue weighted by Gasteiger charge is -2.18. The van der Waals surface area contributed by atoms with E-state index in [0.717, 1.165) is 11.1 Å². The van der Waals surface area contributed by atoms with E-state index in [-0.39, 0.29) is 30.7 Å². The van der Waals surface area contributed by atoms with E-state index in [0.29, 0.717) is 12.3 Å². The predicted molar refractivity (Wildman–Crippen MR) is 103 cm³/mol. The zero-order valence-corrected chi connectivity index (χ0v) is 15.4. The normalized spacial score (nSPS) is 10.6. The molecule has 2 aromatic rings. The first-order chi connectivity index (χ1) is 13.0. The van der Waals surface area contributed by atoms with E-state index in [1.54, 1.807) is 25.3 Å². The van der Waals surface area contributed by atoms with Crippen LogP contribution in [0.4, 0.5) is 4.39 Å². The summed E-state index contributed by atoms with van der Waals surface area (Å²) in [6.07, 6.45) is 3.09. The Morgan fingerprint density at radius 2 is 1.85 bits per heavy atom. The summed E-state index contributed by atoms with van der Waals surface area (Å²) < 4.78 is 18.1. The minimum Gasteiger partial charge on any atom is -0.496 e. The van der Waals surface area contributed by atoms with Crippen molar-refractivity contribution in [1.82, 2.24) is 10.2 Å². The van der Waals surface area contributed by atoms with Crippen molar-refractivity contribution in [3.05, 3.63) is 71.6 Å². The Morgan fingerprint density at radius 1 is 1.15 bits per heavy atom. The first-order valence-corrected chi connectivity index (χ1v) is 8.64. The quantitative estimate of drug-likeness (QED) is 0.727. The van der Waals surface area contributed by atoms with Crippen LogP contribution in [0.15, 0.2) is 54.6 Å². The van der Waals surface area contributed by atoms with Gasteiger partial charge in [-0.1, -0.05) is 30.3 Å². The Bertz CT molecular complexity index is 803. The molecule has 0 aromatic heterocycles. The van der Waals surface area contributed by atoms with E-state index >= 15 is 0 Å². The van der Waals surface area contributed by atoms with Crippen LogP contribution < -0.4 is 10.1 Å². The second-order valence-corrected chi connectivity index (χ2v) is 5.83. The fourth-order valence-corrected chi connectivity index (χ4v) is 2.45. The maximum Gasteiger partial charge on any atom is 0.247 e. The lowest BCUT2D eigenvalue weighted by molar-refractivity contribution is -0.132. The van der Waals surface area contributed by atoms with Gasteiger partial charge in [0, 0.05) is 24.7 Å². The lowest BCUT2D eigenvalue weighted by Crippen LogP contribution is -2.39. The van der Waals surface area contributed by atoms with Gasteiger partial charge in [0.1, 0.15) is 11.6 Å². The van der Waals surface area contributed by atoms with Gasteiger partial charge in [-0.2, -0.15) is 0 Å². The molecular weight excluding hydrogens is 347 g/mol. The molecule has 1 N–H and O–H groups in total. The Hall–Kier alpha value is -3.15. The van der Waals surface area contributed by atoms with Gasteiger partial charge in [-0.15, -0.1) is 0 Å². The number of halogens is 1. The molecule has 0 radical (unpaired) electrons. The SMILES string of the molecule is CCN(CC(=O)NCc1ccc(F)cc1)C(=O)/C=C/c1ccccc1OC. The van der Waals surface area contributed by atoms with Gasteiger partial charge in [-0.25, -0.2) is 4.39 Å². The molecule has 2 amide bonds. The predicted octanol–water partition coefficient (Wildman–Crippen LogP) is 3.01. The number of hydrogen-bond acceptors (Lipinski definition) is 3. The summed E-state index contributed by atoms with van der Waals surface area (Å²) in [6, 6.07) is 13.2. The number of amides is 2. The average Bonchev–Trinajstić information content (AvgIpc) is 2.70. The van der Waals surface area contributed by atoms with Crippen LogP contribution in [-0.4, -0.2) is 36.9 Å². The van der Waals surface area contributed by atoms with Crippen LogP contribution in [0.2, 0.25) is 0 Å². The van der Waals surface area contributed by atoms with Gasteiger partial charge in [0.2, 0.25) is 11.8 Å². The molecule has 5 nitrogen and oxygen atoms in total. The topological polar surface area (TPSA) is 58.6 Å². The maximum absolute atomic E-state index is 12.9. The van der Waals surface area contributed by atoms with Crippen LogP contribution in [0, 0.1) is 5.82 Å². The summed E-state index contributed by atoms with van der Waals surface area (Å²) in [6.45, 7) is 2.44. The summed E-state index contributed by atoms with van der Waals surface area (Å²) >= 11 is 0. The van der Waals surface area contributed by atoms with Crippen molar-refractivity contribution >= 4 is 17.9 Å². The second kappa shape index (κ2) is 10.1. The van der Waals surface area contributed by atoms with E-state index in [1.807, 2.05) is 31.2 Å². The molecule has 2 rings (SSSR count). The molecule has 0 spiro atoms. The van der Waals surface area contributed by atoms with Gasteiger partial charge in [-0.05, 0) is 36.8 Å². The molecule has 6 heteroatoms. The van der Waals surface area contributed by atoms with Crippen molar-refractivity contribution < 1.29 is 18.7 Å². The first-order valence-electron chi connectivity index (χ1n) is 8.64. The van der Waals surface area contributed by atoms with Crippen molar-refractivity contribution in [2.75, 3.05) is 20.2 Å². The minimum absolute atomic E-state index is 0.0488. The highest BCUT2D eigenvalue weighted by molar-refractivity contribution is 5.94. The van der Waals surface area contributed by atoms with Crippen molar-refractivity contribution in [1.29, 1.82) is 0 Å². The summed E-state index contributed by atoms with van der Waals surface area (Å²) in [5, 5.41) is 2.73. The monoisotopic (exact) mass is 370 g/mol. The minimum atomic E-state index is -0.324. The third-order valence-corrected chi connectivity index (χ3v) is 3.98. The number of rotatable bonds is 8. The summed E-state index contributed by atoms with van der Waals surface area (Å²) in [5.74, 6) is -0.197. The fourth-order valence-electron chi connectivity index (χ4n) is 2.45. The lowest BCUT2D eigenvalue weighted by atomic mass is 10.2. The van der Waals surface area contributed by atoms with E-state index in [2.05, 4.69) is 5.32 Å². The summed E-state index contributed by atoms with van der Waals surface area (Å²) in [5.41, 5.74) is 1.57. The van der Waals surface area contributed by atoms with Gasteiger partial charge >= 0.3 is 0 Å². The van der Waals surface area contributed by atoms with E-state index in [1.165, 1.54) is 23.1 Å². The molecule has 27 heavy (non-hydrogen) atoms. The standard InChI is InChI=1S/C21H23FN2O3/c1-3-24(15-20(25)23-14-16-8-11-18(22)12-9-16)21(26)13-10-17-6-4-5-7-19(17)27-2/h4-13H,3,14-15H2,1-2H3,(H,23,25)/b13-10+. The van der Waals surface area contributed by atoms with Crippen LogP contribution in [0.3, 0.4) is 0 Å². The van der Waals surface area contributed by atoms with Crippen LogP contribution in [0.25, 0.3) is 6.08 Å². The molecule has 0 aliphatic rings. The van der Waals surface area contributed by atoms with Crippen molar-refractivity contribution in [2.24, 2.45) is 0 Å². The largest absolute Gasteiger partial charge is 0.496 e. The molecule has 0 bridgehead atoms. The van der Waals surface area contributed by atoms with Crippen molar-refractivity contribution in [3.63, 3.8) is 0 Å². The molecule has 0 saturated heterocycles. The average molecular weight is 370 g/mol. The highest BCUT2D eigenvalue weighted by atomic mass is 19.1. The Kier molecular flexibility index (Phi) is 7.55. The van der Waals surface area contributed by atoms with Crippen LogP contribution in [0.1, 0.15) is 18.1 Å². The van der Waals surface area contributed by atoms with E-state index < -0.39 is 0 Å². The number of carbonyl (C=O) groups is 2. The van der Waals surface area contributed by atoms with Crippen molar-refractivity contribution in [3.8, 4) is 5.75 Å². The molecule has 0 heterocycles. The van der Waals surface area contributed by atoms with E-state index in [4.69, 9.17) is 4.74 Å². The first kappa shape index (κ1) is 20.2. The number of ether oxygens (including phenoxy) is 1. The maximum atomic E-state index is 12.9. The van der Waals surface area contributed by atoms with Gasteiger partial charge in [0.15, 0.2) is 0 Å². The Labute approximate surface area is 158 Å². The molecule has 2 aromatic carbocycles. The number of carbonyl (C=O) groups excluding carboxylic acids is 2. The van der Waals surface area contributed by atoms with Crippen molar-refractivity contribution in [2.45, 2.75) is 13.5 Å². The third-order valence-electron chi connectivity index (χ3n) is 3.98. The fraction of sp³-hybridized carbons (Fsp3) is 0.238. The van der Waals surface area contributed by atoms with Gasteiger partial charge < -0.3 is 15.0 Å². The molecule has 0 atom stereocenters. The summed E-state index contributed by atoms with van der Waals surface area (Å²) in [4.78, 5) is 25.9. The van der Waals surface area contributed by atoms with Gasteiger partial charge in [-0.3, -0.25) is 9.59 Å². The second-order valence-electron chi connectivity index (χ2n) is 5.83. The number of hydrogen-bond donors (Lipinski definition) is 1. The number of likely N-dealkylation sites (N-methyl/N-ethyl adjacent to an activating group) is 1. The highest BCUT2D eigenvalue weighted by Crippen LogP contribution is 2.18. The molecule has 0 saturated carbocycles. The zero-order valence-electron chi connectivity index (χ0n) is 15.4. The van der Waals surface area contributed by atoms with Crippen LogP contribution in [0.5, 0.6) is 5.75 Å². The number of benzene rings is 2. The smallest absolute Gasteiger partial charge is 0.247 e. The highest BCUT2D eigenvalue weighted by Gasteiger charge is 2.13. The number of nitrogens with zero attached hydrogens (tertiary/aromatic N) is 1. The number of para-hydroxylation sites is 1.